The lowest BCUT2D eigenvalue weighted by Crippen LogP contribution is -2.30. The van der Waals surface area contributed by atoms with Crippen LogP contribution >= 0.6 is 0 Å². The number of anilines is 1. The third-order valence-corrected chi connectivity index (χ3v) is 3.80. The number of aromatic nitrogens is 1. The van der Waals surface area contributed by atoms with Crippen molar-refractivity contribution in [1.29, 1.82) is 5.26 Å². The zero-order valence-corrected chi connectivity index (χ0v) is 11.7. The van der Waals surface area contributed by atoms with Gasteiger partial charge in [0.2, 0.25) is 0 Å². The van der Waals surface area contributed by atoms with Crippen LogP contribution in [0.5, 0.6) is 0 Å². The maximum atomic E-state index is 9.36. The summed E-state index contributed by atoms with van der Waals surface area (Å²) in [5, 5.41) is 18.3. The first kappa shape index (κ1) is 13.8. The Hall–Kier alpha value is -1.60. The molecule has 1 fully saturated rings. The van der Waals surface area contributed by atoms with Gasteiger partial charge in [0.15, 0.2) is 0 Å². The van der Waals surface area contributed by atoms with E-state index >= 15 is 0 Å². The molecule has 1 aliphatic rings. The van der Waals surface area contributed by atoms with Gasteiger partial charge >= 0.3 is 0 Å². The number of nitrogens with zero attached hydrogens (tertiary/aromatic N) is 3. The predicted molar refractivity (Wildman–Crippen MR) is 75.1 cm³/mol. The van der Waals surface area contributed by atoms with E-state index < -0.39 is 0 Å². The van der Waals surface area contributed by atoms with E-state index in [1.54, 1.807) is 0 Å². The van der Waals surface area contributed by atoms with E-state index in [1.165, 1.54) is 0 Å². The highest BCUT2D eigenvalue weighted by molar-refractivity contribution is 5.62. The molecule has 1 aliphatic heterocycles. The fourth-order valence-electron chi connectivity index (χ4n) is 2.95. The Balaban J connectivity index is 2.32. The Labute approximate surface area is 114 Å². The largest absolute Gasteiger partial charge is 0.396 e. The van der Waals surface area contributed by atoms with Crippen molar-refractivity contribution in [3.63, 3.8) is 0 Å². The summed E-state index contributed by atoms with van der Waals surface area (Å²) in [6, 6.07) is 4.75. The molecule has 1 N–H and O–H groups in total. The number of aryl methyl sites for hydroxylation is 2. The molecule has 0 bridgehead atoms. The maximum Gasteiger partial charge on any atom is 0.103 e. The average molecular weight is 259 g/mol. The zero-order valence-electron chi connectivity index (χ0n) is 11.7. The number of hydrogen-bond acceptors (Lipinski definition) is 4. The molecule has 19 heavy (non-hydrogen) atoms. The van der Waals surface area contributed by atoms with Crippen molar-refractivity contribution in [3.8, 4) is 6.07 Å². The van der Waals surface area contributed by atoms with E-state index in [-0.39, 0.29) is 6.61 Å². The molecular formula is C15H21N3O. The van der Waals surface area contributed by atoms with Gasteiger partial charge in [-0.15, -0.1) is 0 Å². The molecule has 0 aliphatic carbocycles. The second kappa shape index (κ2) is 6.03. The molecule has 2 rings (SSSR count). The molecule has 4 nitrogen and oxygen atoms in total. The molecule has 1 aromatic heterocycles. The van der Waals surface area contributed by atoms with Crippen molar-refractivity contribution >= 4 is 5.69 Å². The smallest absolute Gasteiger partial charge is 0.103 e. The van der Waals surface area contributed by atoms with Crippen molar-refractivity contribution in [2.45, 2.75) is 45.6 Å². The van der Waals surface area contributed by atoms with E-state index in [2.05, 4.69) is 16.0 Å². The molecule has 0 radical (unpaired) electrons. The standard InChI is InChI=1S/C15H21N3O/c1-11-9-15(14(10-16)12(2)17-11)18-7-3-5-13(18)6-4-8-19/h9,13,19H,3-8H2,1-2H3. The normalized spacial score (nSPS) is 18.6. The van der Waals surface area contributed by atoms with E-state index in [0.717, 1.165) is 49.3 Å². The van der Waals surface area contributed by atoms with E-state index in [4.69, 9.17) is 5.11 Å². The monoisotopic (exact) mass is 259 g/mol. The molecule has 4 heteroatoms. The van der Waals surface area contributed by atoms with Gasteiger partial charge in [0, 0.05) is 24.9 Å². The van der Waals surface area contributed by atoms with Crippen LogP contribution in [0.25, 0.3) is 0 Å². The summed E-state index contributed by atoms with van der Waals surface area (Å²) in [6.07, 6.45) is 4.11. The summed E-state index contributed by atoms with van der Waals surface area (Å²) in [5.41, 5.74) is 3.49. The predicted octanol–water partition coefficient (Wildman–Crippen LogP) is 2.31. The minimum absolute atomic E-state index is 0.240. The lowest BCUT2D eigenvalue weighted by atomic mass is 10.1. The van der Waals surface area contributed by atoms with Gasteiger partial charge in [0.05, 0.1) is 16.9 Å². The van der Waals surface area contributed by atoms with Crippen molar-refractivity contribution in [1.82, 2.24) is 4.98 Å². The Morgan fingerprint density at radius 1 is 1.53 bits per heavy atom. The van der Waals surface area contributed by atoms with Crippen LogP contribution in [0, 0.1) is 25.2 Å². The average Bonchev–Trinajstić information content (AvgIpc) is 2.83. The van der Waals surface area contributed by atoms with Crippen LogP contribution in [0.3, 0.4) is 0 Å². The molecule has 1 saturated heterocycles. The van der Waals surface area contributed by atoms with E-state index in [1.807, 2.05) is 19.9 Å². The SMILES string of the molecule is Cc1cc(N2CCCC2CCCO)c(C#N)c(C)n1. The van der Waals surface area contributed by atoms with E-state index in [0.29, 0.717) is 11.6 Å². The molecular weight excluding hydrogens is 238 g/mol. The lowest BCUT2D eigenvalue weighted by Gasteiger charge is -2.28. The second-order valence-corrected chi connectivity index (χ2v) is 5.21. The molecule has 1 atom stereocenters. The molecule has 1 aromatic rings. The Morgan fingerprint density at radius 3 is 3.00 bits per heavy atom. The molecule has 0 aromatic carbocycles. The summed E-state index contributed by atoms with van der Waals surface area (Å²) in [4.78, 5) is 6.70. The summed E-state index contributed by atoms with van der Waals surface area (Å²) in [6.45, 7) is 5.10. The lowest BCUT2D eigenvalue weighted by molar-refractivity contribution is 0.279. The minimum Gasteiger partial charge on any atom is -0.396 e. The Bertz CT molecular complexity index is 493. The molecule has 0 spiro atoms. The topological polar surface area (TPSA) is 60.1 Å². The van der Waals surface area contributed by atoms with Crippen molar-refractivity contribution in [2.75, 3.05) is 18.1 Å². The maximum absolute atomic E-state index is 9.36. The van der Waals surface area contributed by atoms with Gasteiger partial charge in [0.25, 0.3) is 0 Å². The van der Waals surface area contributed by atoms with Gasteiger partial charge < -0.3 is 10.0 Å². The van der Waals surface area contributed by atoms with E-state index in [9.17, 15) is 5.26 Å². The minimum atomic E-state index is 0.240. The van der Waals surface area contributed by atoms with Gasteiger partial charge in [-0.05, 0) is 45.6 Å². The summed E-state index contributed by atoms with van der Waals surface area (Å²) in [5.74, 6) is 0. The third kappa shape index (κ3) is 2.87. The fraction of sp³-hybridized carbons (Fsp3) is 0.600. The molecule has 1 unspecified atom stereocenters. The summed E-state index contributed by atoms with van der Waals surface area (Å²) >= 11 is 0. The molecule has 0 saturated carbocycles. The van der Waals surface area contributed by atoms with Crippen LogP contribution in [0.4, 0.5) is 5.69 Å². The Morgan fingerprint density at radius 2 is 2.32 bits per heavy atom. The molecule has 102 valence electrons. The highest BCUT2D eigenvalue weighted by Crippen LogP contribution is 2.31. The van der Waals surface area contributed by atoms with Crippen molar-refractivity contribution < 1.29 is 5.11 Å². The second-order valence-electron chi connectivity index (χ2n) is 5.21. The third-order valence-electron chi connectivity index (χ3n) is 3.80. The number of rotatable bonds is 4. The van der Waals surface area contributed by atoms with Crippen molar-refractivity contribution in [2.24, 2.45) is 0 Å². The zero-order chi connectivity index (χ0) is 13.8. The summed E-state index contributed by atoms with van der Waals surface area (Å²) in [7, 11) is 0. The first-order chi connectivity index (χ1) is 9.17. The van der Waals surface area contributed by atoms with Crippen LogP contribution in [0.1, 0.15) is 42.6 Å². The van der Waals surface area contributed by atoms with Gasteiger partial charge in [-0.2, -0.15) is 5.26 Å². The molecule has 2 heterocycles. The van der Waals surface area contributed by atoms with Gasteiger partial charge in [-0.1, -0.05) is 0 Å². The first-order valence-electron chi connectivity index (χ1n) is 6.93. The van der Waals surface area contributed by atoms with Gasteiger partial charge in [-0.3, -0.25) is 4.98 Å². The molecule has 0 amide bonds. The van der Waals surface area contributed by atoms with Crippen LogP contribution in [0.15, 0.2) is 6.07 Å². The number of aliphatic hydroxyl groups excluding tert-OH is 1. The van der Waals surface area contributed by atoms with Crippen LogP contribution < -0.4 is 4.90 Å². The van der Waals surface area contributed by atoms with Crippen LogP contribution in [-0.4, -0.2) is 29.3 Å². The summed E-state index contributed by atoms with van der Waals surface area (Å²) < 4.78 is 0. The quantitative estimate of drug-likeness (QED) is 0.901. The number of hydrogen-bond donors (Lipinski definition) is 1. The van der Waals surface area contributed by atoms with Crippen LogP contribution in [-0.2, 0) is 0 Å². The van der Waals surface area contributed by atoms with Crippen molar-refractivity contribution in [3.05, 3.63) is 23.0 Å². The highest BCUT2D eigenvalue weighted by atomic mass is 16.2. The first-order valence-corrected chi connectivity index (χ1v) is 6.93. The van der Waals surface area contributed by atoms with Gasteiger partial charge in [-0.25, -0.2) is 0 Å². The number of pyridine rings is 1. The highest BCUT2D eigenvalue weighted by Gasteiger charge is 2.27. The Kier molecular flexibility index (Phi) is 4.39. The van der Waals surface area contributed by atoms with Crippen LogP contribution in [0.2, 0.25) is 0 Å². The fourth-order valence-corrected chi connectivity index (χ4v) is 2.95. The number of nitriles is 1. The van der Waals surface area contributed by atoms with Gasteiger partial charge in [0.1, 0.15) is 6.07 Å². The number of aliphatic hydroxyl groups is 1.